The fraction of sp³-hybridized carbons (Fsp3) is 0.455. The molecule has 0 aliphatic carbocycles. The topological polar surface area (TPSA) is 54.0 Å². The molecule has 0 spiro atoms. The van der Waals surface area contributed by atoms with Crippen LogP contribution in [-0.2, 0) is 11.3 Å². The quantitative estimate of drug-likeness (QED) is 0.696. The number of pyridine rings is 1. The Morgan fingerprint density at radius 3 is 2.93 bits per heavy atom. The van der Waals surface area contributed by atoms with Crippen molar-refractivity contribution >= 4 is 5.91 Å². The SMILES string of the molecule is CC(=O)NCCNCc1ncccc1C. The van der Waals surface area contributed by atoms with Gasteiger partial charge in [0, 0.05) is 32.8 Å². The highest BCUT2D eigenvalue weighted by Gasteiger charge is 1.97. The van der Waals surface area contributed by atoms with Crippen molar-refractivity contribution in [2.24, 2.45) is 0 Å². The predicted octanol–water partition coefficient (Wildman–Crippen LogP) is 0.616. The highest BCUT2D eigenvalue weighted by atomic mass is 16.1. The Morgan fingerprint density at radius 1 is 1.47 bits per heavy atom. The van der Waals surface area contributed by atoms with Gasteiger partial charge in [-0.2, -0.15) is 0 Å². The van der Waals surface area contributed by atoms with Gasteiger partial charge in [-0.3, -0.25) is 9.78 Å². The first kappa shape index (κ1) is 11.7. The summed E-state index contributed by atoms with van der Waals surface area (Å²) in [6.45, 7) is 5.71. The molecule has 1 aromatic heterocycles. The maximum Gasteiger partial charge on any atom is 0.216 e. The van der Waals surface area contributed by atoms with Crippen molar-refractivity contribution in [3.63, 3.8) is 0 Å². The number of carbonyl (C=O) groups excluding carboxylic acids is 1. The van der Waals surface area contributed by atoms with Crippen LogP contribution in [0.1, 0.15) is 18.2 Å². The molecular formula is C11H17N3O. The van der Waals surface area contributed by atoms with Crippen LogP contribution in [0.4, 0.5) is 0 Å². The largest absolute Gasteiger partial charge is 0.355 e. The Kier molecular flexibility index (Phi) is 4.77. The molecule has 82 valence electrons. The molecule has 0 bridgehead atoms. The summed E-state index contributed by atoms with van der Waals surface area (Å²) in [6, 6.07) is 3.97. The molecule has 4 nitrogen and oxygen atoms in total. The van der Waals surface area contributed by atoms with Crippen molar-refractivity contribution in [1.82, 2.24) is 15.6 Å². The lowest BCUT2D eigenvalue weighted by molar-refractivity contribution is -0.118. The number of amides is 1. The zero-order valence-corrected chi connectivity index (χ0v) is 9.21. The van der Waals surface area contributed by atoms with Crippen LogP contribution in [-0.4, -0.2) is 24.0 Å². The van der Waals surface area contributed by atoms with Crippen LogP contribution >= 0.6 is 0 Å². The third-order valence-corrected chi connectivity index (χ3v) is 2.09. The van der Waals surface area contributed by atoms with Crippen molar-refractivity contribution < 1.29 is 4.79 Å². The molecule has 0 unspecified atom stereocenters. The van der Waals surface area contributed by atoms with Crippen LogP contribution in [0.3, 0.4) is 0 Å². The third kappa shape index (κ3) is 4.56. The Bertz CT molecular complexity index is 325. The summed E-state index contributed by atoms with van der Waals surface area (Å²) in [7, 11) is 0. The lowest BCUT2D eigenvalue weighted by Gasteiger charge is -2.06. The first-order valence-electron chi connectivity index (χ1n) is 5.06. The molecule has 0 aliphatic rings. The van der Waals surface area contributed by atoms with E-state index in [4.69, 9.17) is 0 Å². The van der Waals surface area contributed by atoms with Gasteiger partial charge in [-0.15, -0.1) is 0 Å². The summed E-state index contributed by atoms with van der Waals surface area (Å²) in [5.41, 5.74) is 2.24. The fourth-order valence-electron chi connectivity index (χ4n) is 1.24. The van der Waals surface area contributed by atoms with Crippen LogP contribution in [0, 0.1) is 6.92 Å². The molecule has 1 heterocycles. The second kappa shape index (κ2) is 6.14. The number of nitrogens with zero attached hydrogens (tertiary/aromatic N) is 1. The van der Waals surface area contributed by atoms with Gasteiger partial charge in [-0.05, 0) is 18.6 Å². The van der Waals surface area contributed by atoms with Gasteiger partial charge in [0.25, 0.3) is 0 Å². The average Bonchev–Trinajstić information content (AvgIpc) is 2.20. The van der Waals surface area contributed by atoms with Gasteiger partial charge in [-0.1, -0.05) is 6.07 Å². The Hall–Kier alpha value is -1.42. The zero-order chi connectivity index (χ0) is 11.1. The van der Waals surface area contributed by atoms with Crippen LogP contribution in [0.25, 0.3) is 0 Å². The Morgan fingerprint density at radius 2 is 2.27 bits per heavy atom. The van der Waals surface area contributed by atoms with Gasteiger partial charge in [-0.25, -0.2) is 0 Å². The lowest BCUT2D eigenvalue weighted by atomic mass is 10.2. The monoisotopic (exact) mass is 207 g/mol. The van der Waals surface area contributed by atoms with Crippen LogP contribution < -0.4 is 10.6 Å². The molecule has 0 aromatic carbocycles. The standard InChI is InChI=1S/C11H17N3O/c1-9-4-3-5-14-11(9)8-12-6-7-13-10(2)15/h3-5,12H,6-8H2,1-2H3,(H,13,15). The smallest absolute Gasteiger partial charge is 0.216 e. The molecule has 0 atom stereocenters. The summed E-state index contributed by atoms with van der Waals surface area (Å²) in [6.07, 6.45) is 1.79. The van der Waals surface area contributed by atoms with Crippen molar-refractivity contribution in [3.05, 3.63) is 29.6 Å². The lowest BCUT2D eigenvalue weighted by Crippen LogP contribution is -2.30. The number of rotatable bonds is 5. The minimum Gasteiger partial charge on any atom is -0.355 e. The number of carbonyl (C=O) groups is 1. The molecule has 0 saturated heterocycles. The van der Waals surface area contributed by atoms with Crippen molar-refractivity contribution in [1.29, 1.82) is 0 Å². The molecule has 0 radical (unpaired) electrons. The minimum absolute atomic E-state index is 0.00539. The molecule has 0 fully saturated rings. The molecule has 0 aliphatic heterocycles. The summed E-state index contributed by atoms with van der Waals surface area (Å²) >= 11 is 0. The van der Waals surface area contributed by atoms with E-state index in [1.54, 1.807) is 6.20 Å². The molecule has 1 aromatic rings. The maximum absolute atomic E-state index is 10.6. The first-order valence-corrected chi connectivity index (χ1v) is 5.06. The summed E-state index contributed by atoms with van der Waals surface area (Å²) in [4.78, 5) is 14.8. The number of aromatic nitrogens is 1. The highest BCUT2D eigenvalue weighted by molar-refractivity contribution is 5.72. The van der Waals surface area contributed by atoms with Crippen molar-refractivity contribution in [2.45, 2.75) is 20.4 Å². The third-order valence-electron chi connectivity index (χ3n) is 2.09. The average molecular weight is 207 g/mol. The van der Waals surface area contributed by atoms with Gasteiger partial charge >= 0.3 is 0 Å². The van der Waals surface area contributed by atoms with E-state index in [2.05, 4.69) is 15.6 Å². The summed E-state index contributed by atoms with van der Waals surface area (Å²) < 4.78 is 0. The first-order chi connectivity index (χ1) is 7.20. The van der Waals surface area contributed by atoms with Gasteiger partial charge < -0.3 is 10.6 Å². The Balaban J connectivity index is 2.21. The van der Waals surface area contributed by atoms with E-state index in [1.165, 1.54) is 12.5 Å². The van der Waals surface area contributed by atoms with E-state index < -0.39 is 0 Å². The second-order valence-electron chi connectivity index (χ2n) is 3.43. The van der Waals surface area contributed by atoms with E-state index in [0.29, 0.717) is 6.54 Å². The molecule has 1 amide bonds. The number of hydrogen-bond acceptors (Lipinski definition) is 3. The highest BCUT2D eigenvalue weighted by Crippen LogP contribution is 2.01. The van der Waals surface area contributed by atoms with E-state index in [0.717, 1.165) is 18.8 Å². The van der Waals surface area contributed by atoms with E-state index in [1.807, 2.05) is 19.1 Å². The van der Waals surface area contributed by atoms with E-state index in [9.17, 15) is 4.79 Å². The van der Waals surface area contributed by atoms with Gasteiger partial charge in [0.15, 0.2) is 0 Å². The van der Waals surface area contributed by atoms with Crippen LogP contribution in [0.5, 0.6) is 0 Å². The maximum atomic E-state index is 10.6. The molecule has 2 N–H and O–H groups in total. The van der Waals surface area contributed by atoms with E-state index in [-0.39, 0.29) is 5.91 Å². The van der Waals surface area contributed by atoms with Gasteiger partial charge in [0.2, 0.25) is 5.91 Å². The molecular weight excluding hydrogens is 190 g/mol. The molecule has 15 heavy (non-hydrogen) atoms. The van der Waals surface area contributed by atoms with E-state index >= 15 is 0 Å². The number of aryl methyl sites for hydroxylation is 1. The summed E-state index contributed by atoms with van der Waals surface area (Å²) in [5, 5.41) is 5.95. The van der Waals surface area contributed by atoms with Crippen LogP contribution in [0.15, 0.2) is 18.3 Å². The normalized spacial score (nSPS) is 10.0. The number of nitrogens with one attached hydrogen (secondary N) is 2. The molecule has 1 rings (SSSR count). The van der Waals surface area contributed by atoms with Crippen molar-refractivity contribution in [3.8, 4) is 0 Å². The van der Waals surface area contributed by atoms with Crippen molar-refractivity contribution in [2.75, 3.05) is 13.1 Å². The molecule has 4 heteroatoms. The predicted molar refractivity (Wildman–Crippen MR) is 59.4 cm³/mol. The van der Waals surface area contributed by atoms with Crippen LogP contribution in [0.2, 0.25) is 0 Å². The number of hydrogen-bond donors (Lipinski definition) is 2. The summed E-state index contributed by atoms with van der Waals surface area (Å²) in [5.74, 6) is 0.00539. The Labute approximate surface area is 90.1 Å². The second-order valence-corrected chi connectivity index (χ2v) is 3.43. The van der Waals surface area contributed by atoms with Gasteiger partial charge in [0.05, 0.1) is 5.69 Å². The molecule has 0 saturated carbocycles. The minimum atomic E-state index is 0.00539. The van der Waals surface area contributed by atoms with Gasteiger partial charge in [0.1, 0.15) is 0 Å². The fourth-order valence-corrected chi connectivity index (χ4v) is 1.24. The zero-order valence-electron chi connectivity index (χ0n) is 9.21.